The fourth-order valence-electron chi connectivity index (χ4n) is 1.72. The first-order valence-corrected chi connectivity index (χ1v) is 6.28. The molecule has 1 saturated heterocycles. The summed E-state index contributed by atoms with van der Waals surface area (Å²) in [5.41, 5.74) is 0.270. The molecule has 1 aliphatic heterocycles. The van der Waals surface area contributed by atoms with Crippen LogP contribution in [0.25, 0.3) is 0 Å². The molecule has 0 unspecified atom stereocenters. The first kappa shape index (κ1) is 13.5. The Morgan fingerprint density at radius 1 is 1.05 bits per heavy atom. The SMILES string of the molecule is CN(C)/C=C1\C(=O)C(=O)N(c2ccc(Br)cc2)C1=O. The van der Waals surface area contributed by atoms with Gasteiger partial charge in [0.2, 0.25) is 0 Å². The molecule has 2 rings (SSSR count). The number of hydrogen-bond acceptors (Lipinski definition) is 4. The number of anilines is 1. The lowest BCUT2D eigenvalue weighted by molar-refractivity contribution is -0.132. The molecule has 5 nitrogen and oxygen atoms in total. The summed E-state index contributed by atoms with van der Waals surface area (Å²) >= 11 is 3.27. The van der Waals surface area contributed by atoms with Crippen LogP contribution in [-0.4, -0.2) is 36.6 Å². The zero-order chi connectivity index (χ0) is 14.2. The lowest BCUT2D eigenvalue weighted by Gasteiger charge is -2.12. The van der Waals surface area contributed by atoms with Crippen LogP contribution in [0.3, 0.4) is 0 Å². The lowest BCUT2D eigenvalue weighted by atomic mass is 10.2. The molecular weight excluding hydrogens is 312 g/mol. The van der Waals surface area contributed by atoms with Crippen LogP contribution in [0.4, 0.5) is 5.69 Å². The van der Waals surface area contributed by atoms with Gasteiger partial charge in [-0.15, -0.1) is 0 Å². The highest BCUT2D eigenvalue weighted by Crippen LogP contribution is 2.25. The predicted molar refractivity (Wildman–Crippen MR) is 73.4 cm³/mol. The van der Waals surface area contributed by atoms with Gasteiger partial charge in [-0.1, -0.05) is 15.9 Å². The van der Waals surface area contributed by atoms with E-state index in [1.54, 1.807) is 43.3 Å². The molecule has 0 radical (unpaired) electrons. The minimum absolute atomic E-state index is 0.113. The molecule has 0 atom stereocenters. The summed E-state index contributed by atoms with van der Waals surface area (Å²) in [5.74, 6) is -2.19. The molecule has 2 amide bonds. The maximum atomic E-state index is 12.1. The van der Waals surface area contributed by atoms with Crippen molar-refractivity contribution < 1.29 is 14.4 Å². The molecule has 6 heteroatoms. The number of hydrogen-bond donors (Lipinski definition) is 0. The summed E-state index contributed by atoms with van der Waals surface area (Å²) in [6, 6.07) is 6.61. The van der Waals surface area contributed by atoms with E-state index in [4.69, 9.17) is 0 Å². The van der Waals surface area contributed by atoms with Crippen molar-refractivity contribution in [1.82, 2.24) is 4.90 Å². The molecule has 1 aromatic carbocycles. The number of imide groups is 1. The van der Waals surface area contributed by atoms with Gasteiger partial charge < -0.3 is 4.90 Å². The Kier molecular flexibility index (Phi) is 3.53. The predicted octanol–water partition coefficient (Wildman–Crippen LogP) is 1.34. The Morgan fingerprint density at radius 3 is 2.16 bits per heavy atom. The summed E-state index contributed by atoms with van der Waals surface area (Å²) in [7, 11) is 3.36. The molecule has 19 heavy (non-hydrogen) atoms. The van der Waals surface area contributed by atoms with Gasteiger partial charge in [-0.25, -0.2) is 4.90 Å². The van der Waals surface area contributed by atoms with Gasteiger partial charge in [0.1, 0.15) is 5.57 Å². The molecule has 0 N–H and O–H groups in total. The number of nitrogens with zero attached hydrogens (tertiary/aromatic N) is 2. The molecule has 1 heterocycles. The van der Waals surface area contributed by atoms with Crippen molar-refractivity contribution in [3.8, 4) is 0 Å². The fraction of sp³-hybridized carbons (Fsp3) is 0.154. The van der Waals surface area contributed by atoms with Crippen molar-refractivity contribution in [2.24, 2.45) is 0 Å². The van der Waals surface area contributed by atoms with Gasteiger partial charge in [0.25, 0.3) is 11.7 Å². The third-order valence-electron chi connectivity index (χ3n) is 2.55. The second-order valence-corrected chi connectivity index (χ2v) is 5.17. The van der Waals surface area contributed by atoms with E-state index in [1.807, 2.05) is 0 Å². The average molecular weight is 323 g/mol. The highest BCUT2D eigenvalue weighted by molar-refractivity contribution is 9.10. The Morgan fingerprint density at radius 2 is 1.63 bits per heavy atom. The number of rotatable bonds is 2. The minimum atomic E-state index is -0.819. The number of carbonyl (C=O) groups excluding carboxylic acids is 3. The Balaban J connectivity index is 2.43. The van der Waals surface area contributed by atoms with Crippen molar-refractivity contribution in [1.29, 1.82) is 0 Å². The van der Waals surface area contributed by atoms with Crippen LogP contribution < -0.4 is 4.90 Å². The van der Waals surface area contributed by atoms with Gasteiger partial charge in [0.15, 0.2) is 0 Å². The van der Waals surface area contributed by atoms with E-state index in [0.29, 0.717) is 5.69 Å². The molecule has 1 aromatic rings. The molecule has 98 valence electrons. The Hall–Kier alpha value is -1.95. The van der Waals surface area contributed by atoms with Gasteiger partial charge in [0, 0.05) is 24.8 Å². The van der Waals surface area contributed by atoms with E-state index in [9.17, 15) is 14.4 Å². The summed E-state index contributed by atoms with van der Waals surface area (Å²) in [6.07, 6.45) is 1.36. The van der Waals surface area contributed by atoms with Crippen molar-refractivity contribution in [2.45, 2.75) is 0 Å². The monoisotopic (exact) mass is 322 g/mol. The maximum absolute atomic E-state index is 12.1. The van der Waals surface area contributed by atoms with Crippen molar-refractivity contribution in [3.05, 3.63) is 40.5 Å². The van der Waals surface area contributed by atoms with E-state index >= 15 is 0 Å². The Bertz CT molecular complexity index is 590. The molecule has 0 aliphatic carbocycles. The van der Waals surface area contributed by atoms with Crippen LogP contribution in [0.1, 0.15) is 0 Å². The van der Waals surface area contributed by atoms with E-state index in [-0.39, 0.29) is 5.57 Å². The number of amides is 2. The topological polar surface area (TPSA) is 57.7 Å². The van der Waals surface area contributed by atoms with Gasteiger partial charge in [-0.2, -0.15) is 0 Å². The van der Waals surface area contributed by atoms with Crippen LogP contribution in [0.5, 0.6) is 0 Å². The summed E-state index contributed by atoms with van der Waals surface area (Å²) in [6.45, 7) is 0. The van der Waals surface area contributed by atoms with E-state index < -0.39 is 17.6 Å². The first-order chi connectivity index (χ1) is 8.91. The summed E-state index contributed by atoms with van der Waals surface area (Å²) in [5, 5.41) is 0. The highest BCUT2D eigenvalue weighted by atomic mass is 79.9. The third kappa shape index (κ3) is 2.44. The summed E-state index contributed by atoms with van der Waals surface area (Å²) in [4.78, 5) is 38.2. The summed E-state index contributed by atoms with van der Waals surface area (Å²) < 4.78 is 0.825. The molecule has 0 saturated carbocycles. The molecule has 1 fully saturated rings. The standard InChI is InChI=1S/C13H11BrN2O3/c1-15(2)7-10-11(17)13(19)16(12(10)18)9-5-3-8(14)4-6-9/h3-7H,1-2H3/b10-7+. The van der Waals surface area contributed by atoms with Gasteiger partial charge >= 0.3 is 5.91 Å². The average Bonchev–Trinajstić information content (AvgIpc) is 2.55. The largest absolute Gasteiger partial charge is 0.383 e. The van der Waals surface area contributed by atoms with E-state index in [0.717, 1.165) is 9.37 Å². The third-order valence-corrected chi connectivity index (χ3v) is 3.08. The molecular formula is C13H11BrN2O3. The zero-order valence-electron chi connectivity index (χ0n) is 10.4. The van der Waals surface area contributed by atoms with Gasteiger partial charge in [0.05, 0.1) is 5.69 Å². The smallest absolute Gasteiger partial charge is 0.306 e. The second-order valence-electron chi connectivity index (χ2n) is 4.26. The molecule has 1 aliphatic rings. The van der Waals surface area contributed by atoms with Crippen LogP contribution in [0, 0.1) is 0 Å². The molecule has 0 spiro atoms. The molecule has 0 aromatic heterocycles. The van der Waals surface area contributed by atoms with Crippen LogP contribution in [0.2, 0.25) is 0 Å². The molecule has 0 bridgehead atoms. The quantitative estimate of drug-likeness (QED) is 0.357. The van der Waals surface area contributed by atoms with Crippen LogP contribution in [-0.2, 0) is 14.4 Å². The fourth-order valence-corrected chi connectivity index (χ4v) is 1.99. The number of Topliss-reactive ketones (excluding diaryl/α,β-unsaturated/α-hetero) is 1. The number of ketones is 1. The number of halogens is 1. The van der Waals surface area contributed by atoms with E-state index in [1.165, 1.54) is 6.20 Å². The van der Waals surface area contributed by atoms with Gasteiger partial charge in [-0.3, -0.25) is 14.4 Å². The zero-order valence-corrected chi connectivity index (χ0v) is 12.0. The van der Waals surface area contributed by atoms with Gasteiger partial charge in [-0.05, 0) is 24.3 Å². The first-order valence-electron chi connectivity index (χ1n) is 5.48. The lowest BCUT2D eigenvalue weighted by Crippen LogP contribution is -2.30. The Labute approximate surface area is 118 Å². The van der Waals surface area contributed by atoms with Crippen molar-refractivity contribution in [3.63, 3.8) is 0 Å². The van der Waals surface area contributed by atoms with Crippen LogP contribution >= 0.6 is 15.9 Å². The number of benzene rings is 1. The van der Waals surface area contributed by atoms with Crippen molar-refractivity contribution >= 4 is 39.2 Å². The highest BCUT2D eigenvalue weighted by Gasteiger charge is 2.43. The number of carbonyl (C=O) groups is 3. The minimum Gasteiger partial charge on any atom is -0.383 e. The van der Waals surface area contributed by atoms with E-state index in [2.05, 4.69) is 15.9 Å². The maximum Gasteiger partial charge on any atom is 0.306 e. The normalized spacial score (nSPS) is 17.5. The van der Waals surface area contributed by atoms with Crippen molar-refractivity contribution in [2.75, 3.05) is 19.0 Å². The van der Waals surface area contributed by atoms with Crippen LogP contribution in [0.15, 0.2) is 40.5 Å². The second kappa shape index (κ2) is 4.97.